The van der Waals surface area contributed by atoms with E-state index in [4.69, 9.17) is 4.74 Å². The van der Waals surface area contributed by atoms with E-state index in [0.717, 1.165) is 12.8 Å². The van der Waals surface area contributed by atoms with Gasteiger partial charge in [0, 0.05) is 31.2 Å². The average Bonchev–Trinajstić information content (AvgIpc) is 2.52. The van der Waals surface area contributed by atoms with Crippen LogP contribution in [0.5, 0.6) is 0 Å². The molecule has 3 N–H and O–H groups in total. The number of likely N-dealkylation sites (tertiary alicyclic amines) is 1. The van der Waals surface area contributed by atoms with Gasteiger partial charge in [-0.25, -0.2) is 9.79 Å². The van der Waals surface area contributed by atoms with Gasteiger partial charge in [-0.2, -0.15) is 0 Å². The molecule has 8 nitrogen and oxygen atoms in total. The maximum Gasteiger partial charge on any atom is 0.409 e. The predicted molar refractivity (Wildman–Crippen MR) is 98.6 cm³/mol. The van der Waals surface area contributed by atoms with Gasteiger partial charge in [-0.05, 0) is 47.5 Å². The molecule has 1 fully saturated rings. The van der Waals surface area contributed by atoms with Crippen LogP contribution in [0.25, 0.3) is 0 Å². The molecule has 144 valence electrons. The number of carbonyl (C=O) groups is 2. The molecule has 8 heteroatoms. The van der Waals surface area contributed by atoms with Gasteiger partial charge in [-0.15, -0.1) is 0 Å². The molecule has 0 atom stereocenters. The summed E-state index contributed by atoms with van der Waals surface area (Å²) >= 11 is 0. The average molecular weight is 355 g/mol. The van der Waals surface area contributed by atoms with Crippen LogP contribution in [0.15, 0.2) is 4.99 Å². The zero-order chi connectivity index (χ0) is 18.9. The van der Waals surface area contributed by atoms with Crippen LogP contribution < -0.4 is 16.0 Å². The van der Waals surface area contributed by atoms with Crippen molar-refractivity contribution < 1.29 is 14.3 Å². The van der Waals surface area contributed by atoms with Gasteiger partial charge in [0.05, 0.1) is 6.61 Å². The Balaban J connectivity index is 2.49. The Labute approximate surface area is 150 Å². The summed E-state index contributed by atoms with van der Waals surface area (Å²) in [7, 11) is 0. The van der Waals surface area contributed by atoms with Gasteiger partial charge < -0.3 is 25.6 Å². The van der Waals surface area contributed by atoms with E-state index in [1.54, 1.807) is 11.8 Å². The first-order chi connectivity index (χ1) is 11.7. The van der Waals surface area contributed by atoms with Crippen molar-refractivity contribution in [2.45, 2.75) is 59.0 Å². The number of rotatable bonds is 5. The van der Waals surface area contributed by atoms with Crippen LogP contribution in [0.1, 0.15) is 47.5 Å². The Morgan fingerprint density at radius 3 is 2.36 bits per heavy atom. The van der Waals surface area contributed by atoms with Crippen molar-refractivity contribution in [3.8, 4) is 0 Å². The van der Waals surface area contributed by atoms with E-state index >= 15 is 0 Å². The number of aliphatic imine (C=N–C) groups is 1. The van der Waals surface area contributed by atoms with E-state index in [-0.39, 0.29) is 30.1 Å². The number of amides is 2. The van der Waals surface area contributed by atoms with Gasteiger partial charge in [0.2, 0.25) is 5.91 Å². The van der Waals surface area contributed by atoms with E-state index in [1.807, 2.05) is 27.7 Å². The van der Waals surface area contributed by atoms with E-state index in [2.05, 4.69) is 20.9 Å². The molecule has 1 aliphatic rings. The Bertz CT molecular complexity index is 465. The number of ether oxygens (including phenoxy) is 1. The Morgan fingerprint density at radius 2 is 1.84 bits per heavy atom. The van der Waals surface area contributed by atoms with Crippen molar-refractivity contribution in [3.63, 3.8) is 0 Å². The van der Waals surface area contributed by atoms with E-state index in [1.165, 1.54) is 0 Å². The highest BCUT2D eigenvalue weighted by Gasteiger charge is 2.24. The molecule has 0 saturated carbocycles. The molecular formula is C17H33N5O3. The maximum atomic E-state index is 11.9. The molecule has 0 aromatic rings. The molecule has 0 aromatic carbocycles. The third-order valence-corrected chi connectivity index (χ3v) is 3.60. The highest BCUT2D eigenvalue weighted by Crippen LogP contribution is 2.11. The Hall–Kier alpha value is -1.99. The molecule has 0 aromatic heterocycles. The number of hydrogen-bond acceptors (Lipinski definition) is 4. The lowest BCUT2D eigenvalue weighted by atomic mass is 10.1. The van der Waals surface area contributed by atoms with Crippen molar-refractivity contribution in [2.75, 3.05) is 32.8 Å². The van der Waals surface area contributed by atoms with Gasteiger partial charge in [0.15, 0.2) is 5.96 Å². The molecule has 0 aliphatic carbocycles. The Kier molecular flexibility index (Phi) is 8.51. The van der Waals surface area contributed by atoms with Gasteiger partial charge in [-0.1, -0.05) is 0 Å². The summed E-state index contributed by atoms with van der Waals surface area (Å²) in [6.45, 7) is 12.1. The number of nitrogens with one attached hydrogen (secondary N) is 3. The molecule has 1 aliphatic heterocycles. The quantitative estimate of drug-likeness (QED) is 0.507. The number of nitrogens with zero attached hydrogens (tertiary/aromatic N) is 2. The van der Waals surface area contributed by atoms with Crippen LogP contribution in [0.3, 0.4) is 0 Å². The van der Waals surface area contributed by atoms with E-state index < -0.39 is 0 Å². The zero-order valence-corrected chi connectivity index (χ0v) is 16.1. The van der Waals surface area contributed by atoms with Gasteiger partial charge in [0.25, 0.3) is 0 Å². The number of carbonyl (C=O) groups excluding carboxylic acids is 2. The number of guanidine groups is 1. The molecule has 0 unspecified atom stereocenters. The molecule has 0 radical (unpaired) electrons. The number of hydrogen-bond donors (Lipinski definition) is 3. The lowest BCUT2D eigenvalue weighted by Crippen LogP contribution is -2.50. The first-order valence-electron chi connectivity index (χ1n) is 9.02. The smallest absolute Gasteiger partial charge is 0.409 e. The minimum atomic E-state index is -0.266. The van der Waals surface area contributed by atoms with Crippen LogP contribution in [0.4, 0.5) is 4.79 Å². The van der Waals surface area contributed by atoms with Crippen molar-refractivity contribution >= 4 is 18.0 Å². The lowest BCUT2D eigenvalue weighted by Gasteiger charge is -2.32. The van der Waals surface area contributed by atoms with Gasteiger partial charge in [0.1, 0.15) is 6.54 Å². The van der Waals surface area contributed by atoms with Crippen LogP contribution in [-0.2, 0) is 9.53 Å². The summed E-state index contributed by atoms with van der Waals surface area (Å²) in [5.74, 6) is 0.517. The summed E-state index contributed by atoms with van der Waals surface area (Å²) in [6, 6.07) is 0.217. The maximum absolute atomic E-state index is 11.9. The fourth-order valence-corrected chi connectivity index (χ4v) is 2.54. The summed E-state index contributed by atoms with van der Waals surface area (Å²) in [6.07, 6.45) is 1.38. The molecule has 1 heterocycles. The van der Waals surface area contributed by atoms with Crippen molar-refractivity contribution in [1.29, 1.82) is 0 Å². The van der Waals surface area contributed by atoms with Gasteiger partial charge in [-0.3, -0.25) is 4.79 Å². The van der Waals surface area contributed by atoms with Crippen LogP contribution in [0, 0.1) is 0 Å². The summed E-state index contributed by atoms with van der Waals surface area (Å²) < 4.78 is 5.03. The lowest BCUT2D eigenvalue weighted by molar-refractivity contribution is -0.121. The zero-order valence-electron chi connectivity index (χ0n) is 16.1. The summed E-state index contributed by atoms with van der Waals surface area (Å²) in [5.41, 5.74) is -0.266. The standard InChI is InChI=1S/C17H33N5O3/c1-6-18-15(19-12-14(23)21-17(3,4)5)20-13-8-10-22(11-9-13)16(24)25-7-2/h13H,6-12H2,1-5H3,(H,21,23)(H2,18,19,20). The van der Waals surface area contributed by atoms with Crippen molar-refractivity contribution in [2.24, 2.45) is 4.99 Å². The first-order valence-corrected chi connectivity index (χ1v) is 9.02. The minimum Gasteiger partial charge on any atom is -0.450 e. The summed E-state index contributed by atoms with van der Waals surface area (Å²) in [5, 5.41) is 9.39. The highest BCUT2D eigenvalue weighted by molar-refractivity contribution is 5.85. The monoisotopic (exact) mass is 355 g/mol. The largest absolute Gasteiger partial charge is 0.450 e. The number of piperidine rings is 1. The van der Waals surface area contributed by atoms with Crippen LogP contribution >= 0.6 is 0 Å². The normalized spacial score (nSPS) is 16.4. The third-order valence-electron chi connectivity index (χ3n) is 3.60. The molecule has 2 amide bonds. The minimum absolute atomic E-state index is 0.0777. The fourth-order valence-electron chi connectivity index (χ4n) is 2.54. The third kappa shape index (κ3) is 8.60. The topological polar surface area (TPSA) is 95.1 Å². The van der Waals surface area contributed by atoms with Crippen molar-refractivity contribution in [3.05, 3.63) is 0 Å². The highest BCUT2D eigenvalue weighted by atomic mass is 16.6. The second-order valence-electron chi connectivity index (χ2n) is 7.10. The molecule has 0 spiro atoms. The molecule has 1 saturated heterocycles. The molecule has 1 rings (SSSR count). The first kappa shape index (κ1) is 21.1. The summed E-state index contributed by atoms with van der Waals surface area (Å²) in [4.78, 5) is 29.7. The van der Waals surface area contributed by atoms with E-state index in [0.29, 0.717) is 32.2 Å². The second-order valence-corrected chi connectivity index (χ2v) is 7.10. The fraction of sp³-hybridized carbons (Fsp3) is 0.824. The molecule has 25 heavy (non-hydrogen) atoms. The van der Waals surface area contributed by atoms with Crippen LogP contribution in [-0.4, -0.2) is 67.2 Å². The van der Waals surface area contributed by atoms with E-state index in [9.17, 15) is 9.59 Å². The van der Waals surface area contributed by atoms with Crippen LogP contribution in [0.2, 0.25) is 0 Å². The SMILES string of the molecule is CCNC(=NCC(=O)NC(C)(C)C)NC1CCN(C(=O)OCC)CC1. The second kappa shape index (κ2) is 10.1. The van der Waals surface area contributed by atoms with Crippen molar-refractivity contribution in [1.82, 2.24) is 20.9 Å². The molecular weight excluding hydrogens is 322 g/mol. The van der Waals surface area contributed by atoms with Gasteiger partial charge >= 0.3 is 6.09 Å². The Morgan fingerprint density at radius 1 is 1.20 bits per heavy atom. The predicted octanol–water partition coefficient (Wildman–Crippen LogP) is 1.08. The molecule has 0 bridgehead atoms.